The topological polar surface area (TPSA) is 147 Å². The summed E-state index contributed by atoms with van der Waals surface area (Å²) >= 11 is 0. The Morgan fingerprint density at radius 1 is 0.720 bits per heavy atom. The molecule has 4 aromatic carbocycles. The van der Waals surface area contributed by atoms with Crippen molar-refractivity contribution in [3.05, 3.63) is 136 Å². The van der Waals surface area contributed by atoms with Crippen LogP contribution in [0, 0.1) is 5.82 Å². The highest BCUT2D eigenvalue weighted by atomic mass is 31.2. The third-order valence-corrected chi connectivity index (χ3v) is 9.60. The largest absolute Gasteiger partial charge is 0.459 e. The number of hydrogen-bond donors (Lipinski definition) is 3. The summed E-state index contributed by atoms with van der Waals surface area (Å²) in [5, 5.41) is 0. The Bertz CT molecular complexity index is 1910. The van der Waals surface area contributed by atoms with E-state index in [0.29, 0.717) is 11.1 Å². The predicted octanol–water partition coefficient (Wildman–Crippen LogP) is 8.01. The molecule has 0 aromatic heterocycles. The van der Waals surface area contributed by atoms with Gasteiger partial charge in [-0.3, -0.25) is 9.36 Å². The van der Waals surface area contributed by atoms with Gasteiger partial charge in [0.15, 0.2) is 5.78 Å². The second-order valence-electron chi connectivity index (χ2n) is 11.7. The average Bonchev–Trinajstić information content (AvgIpc) is 3.04. The lowest BCUT2D eigenvalue weighted by Crippen LogP contribution is -2.41. The first-order valence-electron chi connectivity index (χ1n) is 14.8. The molecule has 4 rings (SSSR count). The van der Waals surface area contributed by atoms with E-state index in [-0.39, 0.29) is 35.3 Å². The van der Waals surface area contributed by atoms with E-state index in [2.05, 4.69) is 4.52 Å². The lowest BCUT2D eigenvalue weighted by Gasteiger charge is -2.34. The van der Waals surface area contributed by atoms with Crippen molar-refractivity contribution in [1.82, 2.24) is 0 Å². The fraction of sp³-hybridized carbons (Fsp3) is 0.235. The van der Waals surface area contributed by atoms with Crippen LogP contribution < -0.4 is 4.52 Å². The standard InChI is InChI=1S/C34H31F5O9P2/c1-21(2)47-31(41)25-7-13-26(14-8-25)33(30(40)24-9-15-28(35)16-10-24,19-22-3-11-27(12-4-22)34(38,39)50(44,45)46)20-23-5-17-29(18-6-23)48-49(42,43)32(36)37/h3-18,21,32H,19-20H2,1-2H3,(H,42,43)(H2,44,45,46). The van der Waals surface area contributed by atoms with E-state index in [9.17, 15) is 55.4 Å². The van der Waals surface area contributed by atoms with E-state index in [1.54, 1.807) is 13.8 Å². The van der Waals surface area contributed by atoms with Crippen LogP contribution in [0.2, 0.25) is 0 Å². The highest BCUT2D eigenvalue weighted by Gasteiger charge is 2.50. The number of esters is 1. The van der Waals surface area contributed by atoms with Crippen LogP contribution in [-0.4, -0.2) is 38.7 Å². The summed E-state index contributed by atoms with van der Waals surface area (Å²) in [6.45, 7) is 3.31. The van der Waals surface area contributed by atoms with E-state index in [0.717, 1.165) is 36.4 Å². The molecular formula is C34H31F5O9P2. The SMILES string of the molecule is CC(C)OC(=O)c1ccc(C(Cc2ccc(OP(=O)(O)C(F)F)cc2)(Cc2ccc(C(F)(F)P(=O)(O)O)cc2)C(=O)c2ccc(F)cc2)cc1. The van der Waals surface area contributed by atoms with Crippen molar-refractivity contribution in [2.45, 2.75) is 50.0 Å². The molecule has 9 nitrogen and oxygen atoms in total. The van der Waals surface area contributed by atoms with Crippen molar-refractivity contribution >= 4 is 26.9 Å². The van der Waals surface area contributed by atoms with Crippen LogP contribution in [0.3, 0.4) is 0 Å². The van der Waals surface area contributed by atoms with Gasteiger partial charge >= 0.3 is 33.0 Å². The van der Waals surface area contributed by atoms with Gasteiger partial charge < -0.3 is 23.9 Å². The second-order valence-corrected chi connectivity index (χ2v) is 15.0. The maximum Gasteiger partial charge on any atom is 0.442 e. The minimum atomic E-state index is -5.89. The smallest absolute Gasteiger partial charge is 0.442 e. The summed E-state index contributed by atoms with van der Waals surface area (Å²) in [4.78, 5) is 55.0. The van der Waals surface area contributed by atoms with Crippen LogP contribution in [-0.2, 0) is 37.8 Å². The molecule has 0 saturated heterocycles. The zero-order chi connectivity index (χ0) is 37.1. The fourth-order valence-corrected chi connectivity index (χ4v) is 6.18. The lowest BCUT2D eigenvalue weighted by atomic mass is 9.67. The number of ether oxygens (including phenoxy) is 1. The molecule has 0 saturated carbocycles. The Kier molecular flexibility index (Phi) is 11.6. The molecule has 16 heteroatoms. The molecule has 0 radical (unpaired) electrons. The molecule has 3 N–H and O–H groups in total. The van der Waals surface area contributed by atoms with Crippen LogP contribution in [0.4, 0.5) is 22.0 Å². The number of Topliss-reactive ketones (excluding diaryl/α,β-unsaturated/α-hetero) is 1. The molecular weight excluding hydrogens is 709 g/mol. The average molecular weight is 741 g/mol. The van der Waals surface area contributed by atoms with Crippen molar-refractivity contribution in [2.24, 2.45) is 0 Å². The number of benzene rings is 4. The number of carbonyl (C=O) groups is 2. The van der Waals surface area contributed by atoms with E-state index in [4.69, 9.17) is 4.74 Å². The predicted molar refractivity (Wildman–Crippen MR) is 172 cm³/mol. The first kappa shape index (κ1) is 38.6. The summed E-state index contributed by atoms with van der Waals surface area (Å²) < 4.78 is 102. The Balaban J connectivity index is 1.88. The van der Waals surface area contributed by atoms with E-state index in [1.165, 1.54) is 60.7 Å². The molecule has 0 heterocycles. The number of hydrogen-bond acceptors (Lipinski definition) is 6. The van der Waals surface area contributed by atoms with Gasteiger partial charge in [0.05, 0.1) is 17.1 Å². The van der Waals surface area contributed by atoms with Crippen LogP contribution >= 0.6 is 15.2 Å². The Labute approximate surface area is 283 Å². The molecule has 0 fully saturated rings. The van der Waals surface area contributed by atoms with Gasteiger partial charge in [-0.2, -0.15) is 17.6 Å². The fourth-order valence-electron chi connectivity index (χ4n) is 5.19. The molecule has 0 bridgehead atoms. The van der Waals surface area contributed by atoms with Crippen molar-refractivity contribution in [3.63, 3.8) is 0 Å². The maximum atomic E-state index is 14.6. The lowest BCUT2D eigenvalue weighted by molar-refractivity contribution is 0.0377. The highest BCUT2D eigenvalue weighted by Crippen LogP contribution is 2.59. The monoisotopic (exact) mass is 740 g/mol. The molecule has 4 aromatic rings. The number of halogens is 5. The van der Waals surface area contributed by atoms with Crippen molar-refractivity contribution in [1.29, 1.82) is 0 Å². The van der Waals surface area contributed by atoms with Crippen LogP contribution in [0.1, 0.15) is 56.8 Å². The van der Waals surface area contributed by atoms with Gasteiger partial charge in [0.1, 0.15) is 11.6 Å². The third kappa shape index (κ3) is 8.75. The van der Waals surface area contributed by atoms with Crippen molar-refractivity contribution < 1.29 is 64.6 Å². The molecule has 50 heavy (non-hydrogen) atoms. The first-order chi connectivity index (χ1) is 23.2. The minimum Gasteiger partial charge on any atom is -0.459 e. The summed E-state index contributed by atoms with van der Waals surface area (Å²) in [5.41, 5.74) is -6.03. The Morgan fingerprint density at radius 2 is 1.18 bits per heavy atom. The van der Waals surface area contributed by atoms with Gasteiger partial charge in [0.2, 0.25) is 0 Å². The van der Waals surface area contributed by atoms with Crippen LogP contribution in [0.5, 0.6) is 5.75 Å². The number of rotatable bonds is 14. The molecule has 0 amide bonds. The van der Waals surface area contributed by atoms with E-state index in [1.807, 2.05) is 0 Å². The zero-order valence-electron chi connectivity index (χ0n) is 26.4. The van der Waals surface area contributed by atoms with E-state index < -0.39 is 61.7 Å². The molecule has 0 aliphatic rings. The summed E-state index contributed by atoms with van der Waals surface area (Å²) in [6.07, 6.45) is -4.53. The normalized spacial score (nSPS) is 14.6. The third-order valence-electron chi connectivity index (χ3n) is 7.64. The summed E-state index contributed by atoms with van der Waals surface area (Å²) in [5.74, 6) is -2.24. The molecule has 0 aliphatic heterocycles. The van der Waals surface area contributed by atoms with Crippen molar-refractivity contribution in [2.75, 3.05) is 0 Å². The zero-order valence-corrected chi connectivity index (χ0v) is 28.2. The molecule has 0 spiro atoms. The van der Waals surface area contributed by atoms with Gasteiger partial charge in [0, 0.05) is 11.1 Å². The van der Waals surface area contributed by atoms with Gasteiger partial charge in [-0.1, -0.05) is 48.5 Å². The van der Waals surface area contributed by atoms with Gasteiger partial charge in [-0.25, -0.2) is 13.8 Å². The maximum absolute atomic E-state index is 14.6. The number of ketones is 1. The Hall–Kier alpha value is -4.19. The van der Waals surface area contributed by atoms with Gasteiger partial charge in [0.25, 0.3) is 0 Å². The van der Waals surface area contributed by atoms with Gasteiger partial charge in [-0.05, 0) is 91.9 Å². The van der Waals surface area contributed by atoms with Crippen LogP contribution in [0.15, 0.2) is 97.1 Å². The van der Waals surface area contributed by atoms with Crippen LogP contribution in [0.25, 0.3) is 0 Å². The molecule has 266 valence electrons. The number of alkyl halides is 4. The minimum absolute atomic E-state index is 0.0393. The number of carbonyl (C=O) groups excluding carboxylic acids is 2. The Morgan fingerprint density at radius 3 is 1.64 bits per heavy atom. The highest BCUT2D eigenvalue weighted by molar-refractivity contribution is 7.53. The molecule has 2 atom stereocenters. The molecule has 0 aliphatic carbocycles. The van der Waals surface area contributed by atoms with Crippen molar-refractivity contribution in [3.8, 4) is 5.75 Å². The summed E-state index contributed by atoms with van der Waals surface area (Å²) in [6, 6.07) is 19.3. The molecule has 2 unspecified atom stereocenters. The second kappa shape index (κ2) is 15.0. The summed E-state index contributed by atoms with van der Waals surface area (Å²) in [7, 11) is -11.2. The quantitative estimate of drug-likeness (QED) is 0.0506. The first-order valence-corrected chi connectivity index (χ1v) is 18.0. The van der Waals surface area contributed by atoms with E-state index >= 15 is 0 Å². The van der Waals surface area contributed by atoms with Gasteiger partial charge in [-0.15, -0.1) is 0 Å².